The van der Waals surface area contributed by atoms with Gasteiger partial charge in [0.25, 0.3) is 5.91 Å². The molecule has 19 heavy (non-hydrogen) atoms. The lowest BCUT2D eigenvalue weighted by Crippen LogP contribution is -2.39. The van der Waals surface area contributed by atoms with E-state index < -0.39 is 0 Å². The number of nitrogens with one attached hydrogen (secondary N) is 2. The molecular weight excluding hydrogens is 258 g/mol. The first-order chi connectivity index (χ1) is 9.26. The fraction of sp³-hybridized carbons (Fsp3) is 0.571. The average Bonchev–Trinajstić information content (AvgIpc) is 2.86. The number of carbonyl (C=O) groups excluding carboxylic acids is 1. The van der Waals surface area contributed by atoms with Gasteiger partial charge in [-0.3, -0.25) is 4.79 Å². The van der Waals surface area contributed by atoms with Crippen LogP contribution in [0.4, 0.5) is 5.82 Å². The zero-order valence-electron chi connectivity index (χ0n) is 11.5. The molecule has 104 valence electrons. The standard InChI is InChI=1S/C14H21N3OS/c1-3-19-12-8-4-7-11(12)17-14(18)10-6-5-9-16-13(10)15-2/h5-6,9,11-12H,3-4,7-8H2,1-2H3,(H,15,16)(H,17,18). The smallest absolute Gasteiger partial charge is 0.255 e. The van der Waals surface area contributed by atoms with Gasteiger partial charge in [0.05, 0.1) is 5.56 Å². The van der Waals surface area contributed by atoms with Crippen LogP contribution >= 0.6 is 11.8 Å². The molecule has 0 saturated heterocycles. The zero-order valence-corrected chi connectivity index (χ0v) is 12.3. The number of aromatic nitrogens is 1. The number of hydrogen-bond acceptors (Lipinski definition) is 4. The van der Waals surface area contributed by atoms with E-state index in [0.717, 1.165) is 12.2 Å². The lowest BCUT2D eigenvalue weighted by molar-refractivity contribution is 0.0939. The largest absolute Gasteiger partial charge is 0.372 e. The summed E-state index contributed by atoms with van der Waals surface area (Å²) in [7, 11) is 1.78. The van der Waals surface area contributed by atoms with E-state index >= 15 is 0 Å². The molecule has 1 heterocycles. The molecule has 1 aromatic heterocycles. The van der Waals surface area contributed by atoms with Crippen molar-refractivity contribution in [3.05, 3.63) is 23.9 Å². The normalized spacial score (nSPS) is 22.2. The number of thioether (sulfide) groups is 1. The molecule has 0 bridgehead atoms. The van der Waals surface area contributed by atoms with Crippen molar-refractivity contribution in [1.29, 1.82) is 0 Å². The maximum absolute atomic E-state index is 12.3. The van der Waals surface area contributed by atoms with Crippen LogP contribution in [-0.2, 0) is 0 Å². The molecule has 0 radical (unpaired) electrons. The molecule has 1 aliphatic carbocycles. The van der Waals surface area contributed by atoms with Crippen molar-refractivity contribution in [2.75, 3.05) is 18.1 Å². The van der Waals surface area contributed by atoms with E-state index in [9.17, 15) is 4.79 Å². The highest BCUT2D eigenvalue weighted by atomic mass is 32.2. The summed E-state index contributed by atoms with van der Waals surface area (Å²) in [4.78, 5) is 16.5. The number of hydrogen-bond donors (Lipinski definition) is 2. The lowest BCUT2D eigenvalue weighted by Gasteiger charge is -2.20. The summed E-state index contributed by atoms with van der Waals surface area (Å²) in [6, 6.07) is 3.90. The maximum Gasteiger partial charge on any atom is 0.255 e. The van der Waals surface area contributed by atoms with Crippen molar-refractivity contribution in [2.24, 2.45) is 0 Å². The molecule has 2 rings (SSSR count). The van der Waals surface area contributed by atoms with Crippen LogP contribution in [0, 0.1) is 0 Å². The number of nitrogens with zero attached hydrogens (tertiary/aromatic N) is 1. The van der Waals surface area contributed by atoms with Gasteiger partial charge in [0.1, 0.15) is 5.82 Å². The van der Waals surface area contributed by atoms with E-state index in [1.165, 1.54) is 12.8 Å². The second kappa shape index (κ2) is 6.80. The van der Waals surface area contributed by atoms with Crippen LogP contribution in [0.15, 0.2) is 18.3 Å². The van der Waals surface area contributed by atoms with E-state index in [1.54, 1.807) is 19.3 Å². The molecule has 0 aromatic carbocycles. The minimum Gasteiger partial charge on any atom is -0.372 e. The van der Waals surface area contributed by atoms with Crippen LogP contribution < -0.4 is 10.6 Å². The van der Waals surface area contributed by atoms with Gasteiger partial charge in [-0.25, -0.2) is 4.98 Å². The molecule has 1 saturated carbocycles. The van der Waals surface area contributed by atoms with Crippen molar-refractivity contribution in [2.45, 2.75) is 37.5 Å². The van der Waals surface area contributed by atoms with E-state index in [0.29, 0.717) is 22.7 Å². The average molecular weight is 279 g/mol. The van der Waals surface area contributed by atoms with Crippen LogP contribution in [0.1, 0.15) is 36.5 Å². The van der Waals surface area contributed by atoms with Crippen molar-refractivity contribution < 1.29 is 4.79 Å². The minimum atomic E-state index is -0.0222. The van der Waals surface area contributed by atoms with Crippen molar-refractivity contribution in [3.8, 4) is 0 Å². The highest BCUT2D eigenvalue weighted by molar-refractivity contribution is 7.99. The fourth-order valence-electron chi connectivity index (χ4n) is 2.54. The number of amides is 1. The van der Waals surface area contributed by atoms with Crippen molar-refractivity contribution in [3.63, 3.8) is 0 Å². The Hall–Kier alpha value is -1.23. The van der Waals surface area contributed by atoms with E-state index in [2.05, 4.69) is 22.5 Å². The molecule has 1 aliphatic rings. The van der Waals surface area contributed by atoms with Crippen LogP contribution in [0.2, 0.25) is 0 Å². The summed E-state index contributed by atoms with van der Waals surface area (Å²) in [5.74, 6) is 1.72. The fourth-order valence-corrected chi connectivity index (χ4v) is 3.74. The number of pyridine rings is 1. The molecule has 5 heteroatoms. The predicted molar refractivity (Wildman–Crippen MR) is 80.8 cm³/mol. The maximum atomic E-state index is 12.3. The third-order valence-electron chi connectivity index (χ3n) is 3.44. The summed E-state index contributed by atoms with van der Waals surface area (Å²) >= 11 is 1.95. The first kappa shape index (κ1) is 14.2. The lowest BCUT2D eigenvalue weighted by atomic mass is 10.2. The summed E-state index contributed by atoms with van der Waals surface area (Å²) in [6.07, 6.45) is 5.18. The number of rotatable bonds is 5. The van der Waals surface area contributed by atoms with Crippen LogP contribution in [0.3, 0.4) is 0 Å². The Labute approximate surface area is 118 Å². The Bertz CT molecular complexity index is 438. The van der Waals surface area contributed by atoms with Gasteiger partial charge in [0.2, 0.25) is 0 Å². The molecule has 4 nitrogen and oxygen atoms in total. The van der Waals surface area contributed by atoms with E-state index in [1.807, 2.05) is 17.8 Å². The molecule has 2 unspecified atom stereocenters. The van der Waals surface area contributed by atoms with Crippen molar-refractivity contribution >= 4 is 23.5 Å². The topological polar surface area (TPSA) is 54.0 Å². The van der Waals surface area contributed by atoms with Gasteiger partial charge in [-0.2, -0.15) is 11.8 Å². The van der Waals surface area contributed by atoms with Gasteiger partial charge < -0.3 is 10.6 Å². The van der Waals surface area contributed by atoms with E-state index in [-0.39, 0.29) is 5.91 Å². The second-order valence-electron chi connectivity index (χ2n) is 4.65. The second-order valence-corrected chi connectivity index (χ2v) is 6.17. The number of carbonyl (C=O) groups is 1. The molecule has 2 atom stereocenters. The quantitative estimate of drug-likeness (QED) is 0.869. The van der Waals surface area contributed by atoms with Gasteiger partial charge >= 0.3 is 0 Å². The molecule has 0 aliphatic heterocycles. The zero-order chi connectivity index (χ0) is 13.7. The summed E-state index contributed by atoms with van der Waals surface area (Å²) in [6.45, 7) is 2.17. The Morgan fingerprint density at radius 2 is 2.37 bits per heavy atom. The van der Waals surface area contributed by atoms with Crippen molar-refractivity contribution in [1.82, 2.24) is 10.3 Å². The van der Waals surface area contributed by atoms with Gasteiger partial charge in [0.15, 0.2) is 0 Å². The highest BCUT2D eigenvalue weighted by Crippen LogP contribution is 2.30. The van der Waals surface area contributed by atoms with Crippen LogP contribution in [-0.4, -0.2) is 35.0 Å². The third-order valence-corrected chi connectivity index (χ3v) is 4.76. The van der Waals surface area contributed by atoms with Gasteiger partial charge in [-0.05, 0) is 30.7 Å². The molecule has 1 fully saturated rings. The van der Waals surface area contributed by atoms with Crippen LogP contribution in [0.25, 0.3) is 0 Å². The van der Waals surface area contributed by atoms with Gasteiger partial charge in [0, 0.05) is 24.5 Å². The summed E-state index contributed by atoms with van der Waals surface area (Å²) in [5.41, 5.74) is 0.622. The summed E-state index contributed by atoms with van der Waals surface area (Å²) in [5, 5.41) is 6.68. The molecule has 0 spiro atoms. The third kappa shape index (κ3) is 3.41. The van der Waals surface area contributed by atoms with Crippen LogP contribution in [0.5, 0.6) is 0 Å². The first-order valence-corrected chi connectivity index (χ1v) is 7.86. The Kier molecular flexibility index (Phi) is 5.07. The highest BCUT2D eigenvalue weighted by Gasteiger charge is 2.29. The molecule has 1 amide bonds. The summed E-state index contributed by atoms with van der Waals surface area (Å²) < 4.78 is 0. The monoisotopic (exact) mass is 279 g/mol. The minimum absolute atomic E-state index is 0.0222. The van der Waals surface area contributed by atoms with Gasteiger partial charge in [-0.15, -0.1) is 0 Å². The predicted octanol–water partition coefficient (Wildman–Crippen LogP) is 2.53. The van der Waals surface area contributed by atoms with Gasteiger partial charge in [-0.1, -0.05) is 13.3 Å². The van der Waals surface area contributed by atoms with E-state index in [4.69, 9.17) is 0 Å². The first-order valence-electron chi connectivity index (χ1n) is 6.81. The Balaban J connectivity index is 2.04. The SMILES string of the molecule is CCSC1CCCC1NC(=O)c1cccnc1NC. The Morgan fingerprint density at radius 3 is 3.11 bits per heavy atom. The molecule has 1 aromatic rings. The molecule has 2 N–H and O–H groups in total. The number of anilines is 1. The molecular formula is C14H21N3OS. The Morgan fingerprint density at radius 1 is 1.53 bits per heavy atom.